The van der Waals surface area contributed by atoms with Gasteiger partial charge in [-0.05, 0) is 24.3 Å². The average molecular weight is 249 g/mol. The lowest BCUT2D eigenvalue weighted by molar-refractivity contribution is 1.13. The molecule has 0 fully saturated rings. The number of hydrogen-bond acceptors (Lipinski definition) is 5. The molecule has 0 aliphatic heterocycles. The number of nitrogens with two attached hydrogens (primary N) is 1. The Bertz CT molecular complexity index is 694. The second kappa shape index (κ2) is 5.07. The molecule has 1 aromatic carbocycles. The van der Waals surface area contributed by atoms with Crippen molar-refractivity contribution in [2.24, 2.45) is 0 Å². The molecule has 0 unspecified atom stereocenters. The zero-order valence-corrected chi connectivity index (χ0v) is 10.3. The van der Waals surface area contributed by atoms with E-state index >= 15 is 0 Å². The molecule has 0 saturated heterocycles. The minimum Gasteiger partial charge on any atom is -0.395 e. The molecule has 19 heavy (non-hydrogen) atoms. The number of rotatable bonds is 2. The summed E-state index contributed by atoms with van der Waals surface area (Å²) in [5.74, 6) is 0.495. The van der Waals surface area contributed by atoms with Gasteiger partial charge >= 0.3 is 0 Å². The summed E-state index contributed by atoms with van der Waals surface area (Å²) in [5.41, 5.74) is 7.96. The van der Waals surface area contributed by atoms with E-state index < -0.39 is 0 Å². The van der Waals surface area contributed by atoms with Gasteiger partial charge in [-0.3, -0.25) is 0 Å². The molecule has 0 bridgehead atoms. The van der Waals surface area contributed by atoms with E-state index in [4.69, 9.17) is 16.3 Å². The lowest BCUT2D eigenvalue weighted by Gasteiger charge is -2.20. The quantitative estimate of drug-likeness (QED) is 0.880. The molecule has 0 aliphatic carbocycles. The fourth-order valence-electron chi connectivity index (χ4n) is 1.73. The van der Waals surface area contributed by atoms with E-state index in [1.54, 1.807) is 36.2 Å². The van der Waals surface area contributed by atoms with Gasteiger partial charge in [-0.25, -0.2) is 4.98 Å². The molecule has 0 saturated carbocycles. The summed E-state index contributed by atoms with van der Waals surface area (Å²) in [5, 5.41) is 17.9. The summed E-state index contributed by atoms with van der Waals surface area (Å²) >= 11 is 0. The van der Waals surface area contributed by atoms with Crippen LogP contribution in [0.1, 0.15) is 11.1 Å². The van der Waals surface area contributed by atoms with Gasteiger partial charge in [-0.2, -0.15) is 10.5 Å². The van der Waals surface area contributed by atoms with Crippen LogP contribution in [0.15, 0.2) is 36.5 Å². The summed E-state index contributed by atoms with van der Waals surface area (Å²) in [6, 6.07) is 12.8. The predicted octanol–water partition coefficient (Wildman–Crippen LogP) is 2.18. The van der Waals surface area contributed by atoms with Crippen molar-refractivity contribution < 1.29 is 0 Å². The van der Waals surface area contributed by atoms with Crippen LogP contribution in [0.5, 0.6) is 0 Å². The van der Waals surface area contributed by atoms with Crippen molar-refractivity contribution in [3.05, 3.63) is 47.7 Å². The summed E-state index contributed by atoms with van der Waals surface area (Å²) < 4.78 is 0. The van der Waals surface area contributed by atoms with Crippen molar-refractivity contribution in [1.29, 1.82) is 10.5 Å². The third kappa shape index (κ3) is 2.31. The highest BCUT2D eigenvalue weighted by molar-refractivity contribution is 5.75. The SMILES string of the molecule is CN(c1cccc(C#N)c1)c1nccc(C#N)c1N. The van der Waals surface area contributed by atoms with Gasteiger partial charge in [0.1, 0.15) is 6.07 Å². The van der Waals surface area contributed by atoms with E-state index in [0.717, 1.165) is 5.69 Å². The molecule has 5 nitrogen and oxygen atoms in total. The smallest absolute Gasteiger partial charge is 0.157 e. The van der Waals surface area contributed by atoms with Crippen LogP contribution < -0.4 is 10.6 Å². The second-order valence-corrected chi connectivity index (χ2v) is 3.93. The van der Waals surface area contributed by atoms with Crippen LogP contribution in [0.3, 0.4) is 0 Å². The first-order valence-corrected chi connectivity index (χ1v) is 5.56. The third-order valence-corrected chi connectivity index (χ3v) is 2.77. The predicted molar refractivity (Wildman–Crippen MR) is 72.6 cm³/mol. The molecule has 0 amide bonds. The number of nitrogen functional groups attached to an aromatic ring is 1. The largest absolute Gasteiger partial charge is 0.395 e. The lowest BCUT2D eigenvalue weighted by atomic mass is 10.2. The maximum atomic E-state index is 8.96. The normalized spacial score (nSPS) is 9.42. The van der Waals surface area contributed by atoms with Gasteiger partial charge in [0.05, 0.1) is 22.9 Å². The zero-order valence-electron chi connectivity index (χ0n) is 10.3. The van der Waals surface area contributed by atoms with Crippen LogP contribution in [0.4, 0.5) is 17.2 Å². The van der Waals surface area contributed by atoms with Crippen molar-refractivity contribution in [3.8, 4) is 12.1 Å². The van der Waals surface area contributed by atoms with E-state index in [2.05, 4.69) is 11.1 Å². The van der Waals surface area contributed by atoms with Gasteiger partial charge in [-0.15, -0.1) is 0 Å². The number of benzene rings is 1. The first-order valence-electron chi connectivity index (χ1n) is 5.56. The van der Waals surface area contributed by atoms with Crippen molar-refractivity contribution in [1.82, 2.24) is 4.98 Å². The number of nitriles is 2. The average Bonchev–Trinajstić information content (AvgIpc) is 2.47. The first-order chi connectivity index (χ1) is 9.17. The Morgan fingerprint density at radius 3 is 2.68 bits per heavy atom. The number of anilines is 3. The summed E-state index contributed by atoms with van der Waals surface area (Å²) in [4.78, 5) is 5.93. The lowest BCUT2D eigenvalue weighted by Crippen LogP contribution is -2.14. The minimum atomic E-state index is 0.329. The molecule has 0 spiro atoms. The van der Waals surface area contributed by atoms with Crippen molar-refractivity contribution in [2.75, 3.05) is 17.7 Å². The van der Waals surface area contributed by atoms with Crippen molar-refractivity contribution in [3.63, 3.8) is 0 Å². The highest BCUT2D eigenvalue weighted by atomic mass is 15.2. The van der Waals surface area contributed by atoms with Gasteiger partial charge in [0.25, 0.3) is 0 Å². The maximum absolute atomic E-state index is 8.96. The summed E-state index contributed by atoms with van der Waals surface area (Å²) in [6.45, 7) is 0. The topological polar surface area (TPSA) is 89.7 Å². The molecule has 0 aliphatic rings. The second-order valence-electron chi connectivity index (χ2n) is 3.93. The highest BCUT2D eigenvalue weighted by Gasteiger charge is 2.12. The van der Waals surface area contributed by atoms with E-state index in [0.29, 0.717) is 22.6 Å². The standard InChI is InChI=1S/C14H11N5/c1-19(12-4-2-3-10(7-12)8-15)14-13(17)11(9-16)5-6-18-14/h2-7H,17H2,1H3. The van der Waals surface area contributed by atoms with Gasteiger partial charge in [-0.1, -0.05) is 6.07 Å². The van der Waals surface area contributed by atoms with Crippen molar-refractivity contribution in [2.45, 2.75) is 0 Å². The molecule has 2 rings (SSSR count). The fraction of sp³-hybridized carbons (Fsp3) is 0.0714. The van der Waals surface area contributed by atoms with Gasteiger partial charge in [0.2, 0.25) is 0 Å². The third-order valence-electron chi connectivity index (χ3n) is 2.77. The van der Waals surface area contributed by atoms with Crippen molar-refractivity contribution >= 4 is 17.2 Å². The fourth-order valence-corrected chi connectivity index (χ4v) is 1.73. The summed E-state index contributed by atoms with van der Waals surface area (Å²) in [7, 11) is 1.79. The molecule has 5 heteroatoms. The number of aromatic nitrogens is 1. The molecule has 2 aromatic rings. The number of nitrogens with zero attached hydrogens (tertiary/aromatic N) is 4. The van der Waals surface area contributed by atoms with Gasteiger partial charge < -0.3 is 10.6 Å². The molecule has 92 valence electrons. The van der Waals surface area contributed by atoms with Gasteiger partial charge in [0.15, 0.2) is 5.82 Å². The Morgan fingerprint density at radius 1 is 1.21 bits per heavy atom. The van der Waals surface area contributed by atoms with Crippen LogP contribution in [0, 0.1) is 22.7 Å². The van der Waals surface area contributed by atoms with E-state index in [9.17, 15) is 0 Å². The monoisotopic (exact) mass is 249 g/mol. The maximum Gasteiger partial charge on any atom is 0.157 e. The Hall–Kier alpha value is -3.05. The zero-order chi connectivity index (χ0) is 13.8. The van der Waals surface area contributed by atoms with Crippen LogP contribution in [0.2, 0.25) is 0 Å². The number of hydrogen-bond donors (Lipinski definition) is 1. The van der Waals surface area contributed by atoms with E-state index in [1.807, 2.05) is 12.1 Å². The molecular weight excluding hydrogens is 238 g/mol. The Morgan fingerprint density at radius 2 is 2.00 bits per heavy atom. The molecule has 1 heterocycles. The Kier molecular flexibility index (Phi) is 3.31. The van der Waals surface area contributed by atoms with Crippen LogP contribution in [-0.4, -0.2) is 12.0 Å². The number of pyridine rings is 1. The van der Waals surface area contributed by atoms with E-state index in [1.165, 1.54) is 6.20 Å². The molecule has 2 N–H and O–H groups in total. The Balaban J connectivity index is 2.48. The first kappa shape index (κ1) is 12.4. The molecule has 0 radical (unpaired) electrons. The van der Waals surface area contributed by atoms with Crippen LogP contribution in [-0.2, 0) is 0 Å². The molecule has 0 atom stereocenters. The van der Waals surface area contributed by atoms with Crippen LogP contribution in [0.25, 0.3) is 0 Å². The van der Waals surface area contributed by atoms with Crippen LogP contribution >= 0.6 is 0 Å². The van der Waals surface area contributed by atoms with Gasteiger partial charge in [0, 0.05) is 18.9 Å². The highest BCUT2D eigenvalue weighted by Crippen LogP contribution is 2.28. The molecule has 1 aromatic heterocycles. The minimum absolute atomic E-state index is 0.329. The molecular formula is C14H11N5. The Labute approximate surface area is 111 Å². The summed E-state index contributed by atoms with van der Waals surface area (Å²) in [6.07, 6.45) is 1.54. The van der Waals surface area contributed by atoms with E-state index in [-0.39, 0.29) is 0 Å².